The molecule has 0 aromatic heterocycles. The molecule has 7 unspecified atom stereocenters. The number of rotatable bonds is 5. The first-order chi connectivity index (χ1) is 16.0. The molecule has 2 spiro atoms. The Morgan fingerprint density at radius 3 is 2.47 bits per heavy atom. The number of hydrogen-bond acceptors (Lipinski definition) is 4. The fraction of sp³-hybridized carbons (Fsp3) is 0.833. The van der Waals surface area contributed by atoms with Gasteiger partial charge in [0.15, 0.2) is 0 Å². The summed E-state index contributed by atoms with van der Waals surface area (Å²) in [6.07, 6.45) is 15.8. The second-order valence-electron chi connectivity index (χ2n) is 13.3. The maximum absolute atomic E-state index is 11.6. The van der Waals surface area contributed by atoms with E-state index in [9.17, 15) is 4.79 Å². The SMILES string of the molecule is CC(=O)OC1CCC2(C)C3=CCC4(C)C(C(C)/C=C/C(C)C(C)C)CCC4[C@@]34CC[C@]2(C1)OO4. The summed E-state index contributed by atoms with van der Waals surface area (Å²) < 4.78 is 5.64. The third-order valence-corrected chi connectivity index (χ3v) is 11.3. The fourth-order valence-electron chi connectivity index (χ4n) is 8.90. The minimum Gasteiger partial charge on any atom is -0.462 e. The van der Waals surface area contributed by atoms with E-state index in [4.69, 9.17) is 14.5 Å². The maximum atomic E-state index is 11.6. The molecule has 2 heterocycles. The normalized spacial score (nSPS) is 47.1. The molecule has 0 amide bonds. The molecule has 190 valence electrons. The summed E-state index contributed by atoms with van der Waals surface area (Å²) in [6.45, 7) is 15.8. The minimum absolute atomic E-state index is 0.0300. The van der Waals surface area contributed by atoms with Gasteiger partial charge in [-0.15, -0.1) is 0 Å². The van der Waals surface area contributed by atoms with Crippen molar-refractivity contribution in [3.8, 4) is 0 Å². The fourth-order valence-corrected chi connectivity index (χ4v) is 8.90. The summed E-state index contributed by atoms with van der Waals surface area (Å²) in [5.74, 6) is 2.86. The number of fused-ring (bicyclic) bond motifs is 3. The highest BCUT2D eigenvalue weighted by Crippen LogP contribution is 2.73. The van der Waals surface area contributed by atoms with Crippen LogP contribution in [0.15, 0.2) is 23.8 Å². The average Bonchev–Trinajstić information content (AvgIpc) is 3.14. The van der Waals surface area contributed by atoms with Gasteiger partial charge in [-0.25, -0.2) is 9.78 Å². The van der Waals surface area contributed by atoms with Crippen LogP contribution in [-0.2, 0) is 19.3 Å². The molecular formula is C30H46O4. The van der Waals surface area contributed by atoms with Crippen molar-refractivity contribution in [2.45, 2.75) is 117 Å². The molecule has 4 aliphatic carbocycles. The monoisotopic (exact) mass is 470 g/mol. The van der Waals surface area contributed by atoms with Crippen molar-refractivity contribution in [1.29, 1.82) is 0 Å². The molecule has 4 heteroatoms. The van der Waals surface area contributed by atoms with Gasteiger partial charge in [0.1, 0.15) is 17.3 Å². The Morgan fingerprint density at radius 1 is 1.06 bits per heavy atom. The smallest absolute Gasteiger partial charge is 0.302 e. The van der Waals surface area contributed by atoms with E-state index in [1.54, 1.807) is 0 Å². The number of hydrogen-bond donors (Lipinski definition) is 0. The van der Waals surface area contributed by atoms with Crippen LogP contribution >= 0.6 is 0 Å². The van der Waals surface area contributed by atoms with Crippen LogP contribution in [-0.4, -0.2) is 23.3 Å². The first-order valence-corrected chi connectivity index (χ1v) is 13.9. The third kappa shape index (κ3) is 3.34. The number of allylic oxidation sites excluding steroid dienone is 3. The van der Waals surface area contributed by atoms with Crippen LogP contribution in [0.5, 0.6) is 0 Å². The molecule has 5 fully saturated rings. The molecule has 0 aromatic rings. The first-order valence-electron chi connectivity index (χ1n) is 13.9. The zero-order chi connectivity index (χ0) is 24.5. The lowest BCUT2D eigenvalue weighted by molar-refractivity contribution is -0.494. The van der Waals surface area contributed by atoms with Gasteiger partial charge in [-0.3, -0.25) is 4.79 Å². The quantitative estimate of drug-likeness (QED) is 0.242. The summed E-state index contributed by atoms with van der Waals surface area (Å²) in [5.41, 5.74) is 1.08. The second kappa shape index (κ2) is 8.20. The summed E-state index contributed by atoms with van der Waals surface area (Å²) in [6, 6.07) is 0. The van der Waals surface area contributed by atoms with Crippen LogP contribution in [0.4, 0.5) is 0 Å². The molecule has 0 aromatic carbocycles. The highest BCUT2D eigenvalue weighted by molar-refractivity contribution is 5.66. The average molecular weight is 471 g/mol. The number of esters is 1. The summed E-state index contributed by atoms with van der Waals surface area (Å²) in [5, 5.41) is 0. The molecule has 0 radical (unpaired) electrons. The van der Waals surface area contributed by atoms with E-state index in [1.165, 1.54) is 25.3 Å². The predicted octanol–water partition coefficient (Wildman–Crippen LogP) is 7.19. The van der Waals surface area contributed by atoms with Crippen molar-refractivity contribution in [1.82, 2.24) is 0 Å². The number of ether oxygens (including phenoxy) is 1. The van der Waals surface area contributed by atoms with Crippen molar-refractivity contribution in [3.63, 3.8) is 0 Å². The molecule has 3 saturated carbocycles. The summed E-state index contributed by atoms with van der Waals surface area (Å²) >= 11 is 0. The van der Waals surface area contributed by atoms with E-state index in [-0.39, 0.29) is 34.1 Å². The minimum atomic E-state index is -0.367. The van der Waals surface area contributed by atoms with Crippen molar-refractivity contribution in [2.75, 3.05) is 0 Å². The first kappa shape index (κ1) is 24.6. The van der Waals surface area contributed by atoms with Crippen LogP contribution in [0.1, 0.15) is 99.8 Å². The van der Waals surface area contributed by atoms with Crippen LogP contribution in [0.2, 0.25) is 0 Å². The zero-order valence-electron chi connectivity index (χ0n) is 22.5. The van der Waals surface area contributed by atoms with Gasteiger partial charge in [0.2, 0.25) is 0 Å². The number of carbonyl (C=O) groups excluding carboxylic acids is 1. The summed E-state index contributed by atoms with van der Waals surface area (Å²) in [7, 11) is 0. The molecule has 4 nitrogen and oxygen atoms in total. The highest BCUT2D eigenvalue weighted by Gasteiger charge is 2.73. The largest absolute Gasteiger partial charge is 0.462 e. The molecular weight excluding hydrogens is 424 g/mol. The molecule has 6 rings (SSSR count). The van der Waals surface area contributed by atoms with Crippen LogP contribution < -0.4 is 0 Å². The van der Waals surface area contributed by atoms with Gasteiger partial charge in [0.05, 0.1) is 0 Å². The Labute approximate surface area is 206 Å². The predicted molar refractivity (Wildman–Crippen MR) is 134 cm³/mol. The van der Waals surface area contributed by atoms with Gasteiger partial charge in [-0.05, 0) is 79.6 Å². The maximum Gasteiger partial charge on any atom is 0.302 e. The molecule has 9 atom stereocenters. The molecule has 2 aliphatic heterocycles. The molecule has 34 heavy (non-hydrogen) atoms. The van der Waals surface area contributed by atoms with E-state index in [0.29, 0.717) is 29.6 Å². The van der Waals surface area contributed by atoms with Crippen molar-refractivity contribution in [2.24, 2.45) is 40.4 Å². The van der Waals surface area contributed by atoms with Crippen molar-refractivity contribution in [3.05, 3.63) is 23.8 Å². The van der Waals surface area contributed by atoms with Crippen LogP contribution in [0.25, 0.3) is 0 Å². The summed E-state index contributed by atoms with van der Waals surface area (Å²) in [4.78, 5) is 24.6. The molecule has 0 N–H and O–H groups in total. The lowest BCUT2D eigenvalue weighted by Gasteiger charge is -2.69. The Kier molecular flexibility index (Phi) is 5.92. The Morgan fingerprint density at radius 2 is 1.82 bits per heavy atom. The van der Waals surface area contributed by atoms with Gasteiger partial charge >= 0.3 is 5.97 Å². The lowest BCUT2D eigenvalue weighted by Crippen LogP contribution is -2.71. The van der Waals surface area contributed by atoms with Crippen LogP contribution in [0, 0.1) is 40.4 Å². The highest BCUT2D eigenvalue weighted by atomic mass is 17.2. The Balaban J connectivity index is 1.43. The third-order valence-electron chi connectivity index (χ3n) is 11.3. The van der Waals surface area contributed by atoms with E-state index < -0.39 is 0 Å². The Hall–Kier alpha value is -1.13. The van der Waals surface area contributed by atoms with Gasteiger partial charge in [0.25, 0.3) is 0 Å². The molecule has 6 aliphatic rings. The van der Waals surface area contributed by atoms with E-state index in [1.807, 2.05) is 0 Å². The molecule has 2 bridgehead atoms. The van der Waals surface area contributed by atoms with Gasteiger partial charge < -0.3 is 4.74 Å². The number of carbonyl (C=O) groups is 1. The topological polar surface area (TPSA) is 44.8 Å². The molecule has 2 saturated heterocycles. The zero-order valence-corrected chi connectivity index (χ0v) is 22.5. The lowest BCUT2D eigenvalue weighted by atomic mass is 9.44. The van der Waals surface area contributed by atoms with E-state index >= 15 is 0 Å². The van der Waals surface area contributed by atoms with Crippen LogP contribution in [0.3, 0.4) is 0 Å². The van der Waals surface area contributed by atoms with Gasteiger partial charge in [-0.1, -0.05) is 59.8 Å². The van der Waals surface area contributed by atoms with Gasteiger partial charge in [0, 0.05) is 24.7 Å². The second-order valence-corrected chi connectivity index (χ2v) is 13.3. The van der Waals surface area contributed by atoms with E-state index in [0.717, 1.165) is 38.5 Å². The van der Waals surface area contributed by atoms with E-state index in [2.05, 4.69) is 59.8 Å². The van der Waals surface area contributed by atoms with Gasteiger partial charge in [-0.2, -0.15) is 0 Å². The standard InChI is InChI=1S/C30H46O4/c1-19(2)20(3)8-9-21(4)24-10-11-25-27(24,6)14-13-26-28(7)15-12-23(32-22(5)31)18-29(28)16-17-30(25,26)34-33-29/h8-9,13,19-21,23-25H,10-12,14-18H2,1-7H3/b9-8+/t20?,21?,23?,24?,25?,27?,28?,29-,30+/m1/s1. The Bertz CT molecular complexity index is 878. The van der Waals surface area contributed by atoms with Crippen molar-refractivity contribution >= 4 is 5.97 Å². The van der Waals surface area contributed by atoms with Crippen molar-refractivity contribution < 1.29 is 19.3 Å².